The fourth-order valence-electron chi connectivity index (χ4n) is 3.34. The summed E-state index contributed by atoms with van der Waals surface area (Å²) in [4.78, 5) is 12.6. The molecule has 0 aliphatic carbocycles. The van der Waals surface area contributed by atoms with Crippen LogP contribution in [-0.4, -0.2) is 38.3 Å². The third-order valence-corrected chi connectivity index (χ3v) is 5.52. The molecule has 2 aromatic heterocycles. The Morgan fingerprint density at radius 2 is 1.77 bits per heavy atom. The summed E-state index contributed by atoms with van der Waals surface area (Å²) < 4.78 is 9.11. The van der Waals surface area contributed by atoms with Crippen molar-refractivity contribution < 1.29 is 9.53 Å². The van der Waals surface area contributed by atoms with E-state index in [1.54, 1.807) is 7.11 Å². The van der Waals surface area contributed by atoms with Crippen molar-refractivity contribution in [2.24, 2.45) is 0 Å². The predicted octanol–water partition coefficient (Wildman–Crippen LogP) is 4.41. The van der Waals surface area contributed by atoms with Gasteiger partial charge in [0.05, 0.1) is 12.9 Å². The van der Waals surface area contributed by atoms with Crippen molar-refractivity contribution in [1.29, 1.82) is 0 Å². The lowest BCUT2D eigenvalue weighted by molar-refractivity contribution is -0.113. The van der Waals surface area contributed by atoms with E-state index in [0.717, 1.165) is 28.1 Å². The Morgan fingerprint density at radius 3 is 2.48 bits per heavy atom. The maximum Gasteiger partial charge on any atom is 0.234 e. The molecule has 8 heteroatoms. The van der Waals surface area contributed by atoms with Gasteiger partial charge < -0.3 is 10.1 Å². The van der Waals surface area contributed by atoms with Gasteiger partial charge in [0.15, 0.2) is 5.82 Å². The summed E-state index contributed by atoms with van der Waals surface area (Å²) in [7, 11) is 1.63. The van der Waals surface area contributed by atoms with Crippen LogP contribution >= 0.6 is 11.8 Å². The Bertz CT molecular complexity index is 1180. The minimum absolute atomic E-state index is 0.0972. The van der Waals surface area contributed by atoms with Crippen LogP contribution in [0.25, 0.3) is 11.4 Å². The Morgan fingerprint density at radius 1 is 1.03 bits per heavy atom. The van der Waals surface area contributed by atoms with Gasteiger partial charge in [0.1, 0.15) is 5.75 Å². The number of amides is 1. The number of benzene rings is 2. The molecule has 31 heavy (non-hydrogen) atoms. The summed E-state index contributed by atoms with van der Waals surface area (Å²) in [5.74, 6) is 1.51. The highest BCUT2D eigenvalue weighted by molar-refractivity contribution is 7.99. The number of methoxy groups -OCH3 is 1. The molecule has 0 radical (unpaired) electrons. The number of rotatable bonds is 7. The largest absolute Gasteiger partial charge is 0.497 e. The average Bonchev–Trinajstić information content (AvgIpc) is 3.41. The van der Waals surface area contributed by atoms with Crippen LogP contribution in [0.1, 0.15) is 11.1 Å². The molecule has 0 bridgehead atoms. The van der Waals surface area contributed by atoms with E-state index in [0.29, 0.717) is 11.0 Å². The predicted molar refractivity (Wildman–Crippen MR) is 123 cm³/mol. The Kier molecular flexibility index (Phi) is 6.08. The van der Waals surface area contributed by atoms with Gasteiger partial charge in [-0.3, -0.25) is 9.47 Å². The monoisotopic (exact) mass is 433 g/mol. The lowest BCUT2D eigenvalue weighted by Crippen LogP contribution is -2.16. The van der Waals surface area contributed by atoms with Gasteiger partial charge in [-0.15, -0.1) is 10.2 Å². The zero-order valence-electron chi connectivity index (χ0n) is 17.6. The molecule has 0 aliphatic rings. The van der Waals surface area contributed by atoms with E-state index >= 15 is 0 Å². The van der Waals surface area contributed by atoms with E-state index in [-0.39, 0.29) is 11.7 Å². The molecule has 0 saturated heterocycles. The molecule has 2 heterocycles. The van der Waals surface area contributed by atoms with Gasteiger partial charge in [0.25, 0.3) is 0 Å². The smallest absolute Gasteiger partial charge is 0.234 e. The molecule has 0 fully saturated rings. The number of aryl methyl sites for hydroxylation is 2. The van der Waals surface area contributed by atoms with Crippen LogP contribution in [0.3, 0.4) is 0 Å². The van der Waals surface area contributed by atoms with Gasteiger partial charge in [-0.25, -0.2) is 4.68 Å². The lowest BCUT2D eigenvalue weighted by Gasteiger charge is -2.12. The molecule has 1 N–H and O–H groups in total. The van der Waals surface area contributed by atoms with Gasteiger partial charge in [-0.1, -0.05) is 30.0 Å². The van der Waals surface area contributed by atoms with E-state index in [1.165, 1.54) is 11.8 Å². The molecule has 4 rings (SSSR count). The topological polar surface area (TPSA) is 74.0 Å². The summed E-state index contributed by atoms with van der Waals surface area (Å²) in [5.41, 5.74) is 3.88. The van der Waals surface area contributed by atoms with Crippen LogP contribution in [-0.2, 0) is 4.79 Å². The van der Waals surface area contributed by atoms with Gasteiger partial charge in [0.2, 0.25) is 11.1 Å². The second-order valence-electron chi connectivity index (χ2n) is 7.13. The number of aromatic nitrogens is 4. The normalized spacial score (nSPS) is 10.8. The molecule has 0 atom stereocenters. The number of hydrogen-bond acceptors (Lipinski definition) is 5. The SMILES string of the molecule is COc1cccc(-c2nnc(SCC(=O)Nc3cc(C)cc(C)c3)n2-n2cccc2)c1. The first-order valence-electron chi connectivity index (χ1n) is 9.78. The number of ether oxygens (including phenoxy) is 1. The Hall–Kier alpha value is -3.52. The number of hydrogen-bond donors (Lipinski definition) is 1. The highest BCUT2D eigenvalue weighted by atomic mass is 32.2. The van der Waals surface area contributed by atoms with E-state index < -0.39 is 0 Å². The number of anilines is 1. The van der Waals surface area contributed by atoms with Crippen molar-refractivity contribution in [1.82, 2.24) is 19.5 Å². The van der Waals surface area contributed by atoms with Crippen molar-refractivity contribution in [2.45, 2.75) is 19.0 Å². The highest BCUT2D eigenvalue weighted by Gasteiger charge is 2.17. The zero-order chi connectivity index (χ0) is 21.8. The first-order valence-corrected chi connectivity index (χ1v) is 10.8. The molecule has 2 aromatic carbocycles. The van der Waals surface area contributed by atoms with Crippen molar-refractivity contribution in [2.75, 3.05) is 18.2 Å². The molecule has 158 valence electrons. The molecule has 7 nitrogen and oxygen atoms in total. The molecule has 0 aliphatic heterocycles. The number of nitrogens with one attached hydrogen (secondary N) is 1. The van der Waals surface area contributed by atoms with Crippen LogP contribution in [0.5, 0.6) is 5.75 Å². The second kappa shape index (κ2) is 9.09. The van der Waals surface area contributed by atoms with Crippen LogP contribution in [0.4, 0.5) is 5.69 Å². The fraction of sp³-hybridized carbons (Fsp3) is 0.174. The molecule has 0 unspecified atom stereocenters. The van der Waals surface area contributed by atoms with E-state index in [1.807, 2.05) is 84.1 Å². The van der Waals surface area contributed by atoms with Crippen LogP contribution in [0, 0.1) is 13.8 Å². The third-order valence-electron chi connectivity index (χ3n) is 4.60. The first kappa shape index (κ1) is 20.7. The van der Waals surface area contributed by atoms with E-state index in [9.17, 15) is 4.79 Å². The third kappa shape index (κ3) is 4.80. The highest BCUT2D eigenvalue weighted by Crippen LogP contribution is 2.27. The minimum Gasteiger partial charge on any atom is -0.497 e. The maximum atomic E-state index is 12.6. The van der Waals surface area contributed by atoms with Crippen LogP contribution in [0.15, 0.2) is 72.1 Å². The molecule has 0 saturated carbocycles. The zero-order valence-corrected chi connectivity index (χ0v) is 18.4. The Balaban J connectivity index is 1.57. The maximum absolute atomic E-state index is 12.6. The standard InChI is InChI=1S/C23H23N5O2S/c1-16-11-17(2)13-19(12-16)24-21(29)15-31-23-26-25-22(28(23)27-9-4-5-10-27)18-7-6-8-20(14-18)30-3/h4-14H,15H2,1-3H3,(H,24,29). The first-order chi connectivity index (χ1) is 15.0. The van der Waals surface area contributed by atoms with Crippen molar-refractivity contribution in [3.05, 3.63) is 78.1 Å². The summed E-state index contributed by atoms with van der Waals surface area (Å²) >= 11 is 1.33. The Labute approximate surface area is 185 Å². The number of nitrogens with zero attached hydrogens (tertiary/aromatic N) is 4. The molecule has 0 spiro atoms. The summed E-state index contributed by atoms with van der Waals surface area (Å²) in [6, 6.07) is 17.5. The van der Waals surface area contributed by atoms with Crippen molar-refractivity contribution >= 4 is 23.4 Å². The van der Waals surface area contributed by atoms with Gasteiger partial charge in [0, 0.05) is 23.6 Å². The van der Waals surface area contributed by atoms with Crippen LogP contribution < -0.4 is 10.1 Å². The van der Waals surface area contributed by atoms with E-state index in [4.69, 9.17) is 4.74 Å². The summed E-state index contributed by atoms with van der Waals surface area (Å²) in [5, 5.41) is 12.3. The summed E-state index contributed by atoms with van der Waals surface area (Å²) in [6.45, 7) is 4.02. The number of carbonyl (C=O) groups excluding carboxylic acids is 1. The number of carbonyl (C=O) groups is 1. The van der Waals surface area contributed by atoms with Gasteiger partial charge in [-0.2, -0.15) is 0 Å². The number of thioether (sulfide) groups is 1. The quantitative estimate of drug-likeness (QED) is 0.437. The van der Waals surface area contributed by atoms with E-state index in [2.05, 4.69) is 21.6 Å². The lowest BCUT2D eigenvalue weighted by atomic mass is 10.1. The summed E-state index contributed by atoms with van der Waals surface area (Å²) in [6.07, 6.45) is 3.82. The molecular formula is C23H23N5O2S. The average molecular weight is 434 g/mol. The van der Waals surface area contributed by atoms with Crippen molar-refractivity contribution in [3.63, 3.8) is 0 Å². The van der Waals surface area contributed by atoms with Crippen LogP contribution in [0.2, 0.25) is 0 Å². The second-order valence-corrected chi connectivity index (χ2v) is 8.07. The molecule has 1 amide bonds. The van der Waals surface area contributed by atoms with Gasteiger partial charge in [-0.05, 0) is 61.4 Å². The fourth-order valence-corrected chi connectivity index (χ4v) is 4.07. The van der Waals surface area contributed by atoms with Gasteiger partial charge >= 0.3 is 0 Å². The van der Waals surface area contributed by atoms with Crippen molar-refractivity contribution in [3.8, 4) is 17.1 Å². The molecular weight excluding hydrogens is 410 g/mol. The minimum atomic E-state index is -0.0972. The molecule has 4 aromatic rings.